The zero-order chi connectivity index (χ0) is 10.2. The van der Waals surface area contributed by atoms with Crippen LogP contribution in [-0.2, 0) is 9.53 Å². The van der Waals surface area contributed by atoms with Crippen LogP contribution < -0.4 is 5.32 Å². The van der Waals surface area contributed by atoms with Crippen molar-refractivity contribution < 1.29 is 9.53 Å². The fourth-order valence-electron chi connectivity index (χ4n) is 1.03. The first kappa shape index (κ1) is 10.4. The Labute approximate surface area is 83.4 Å². The highest BCUT2D eigenvalue weighted by Gasteiger charge is 1.97. The van der Waals surface area contributed by atoms with Gasteiger partial charge in [-0.05, 0) is 19.1 Å². The molecule has 0 aliphatic carbocycles. The van der Waals surface area contributed by atoms with Crippen molar-refractivity contribution in [1.29, 1.82) is 0 Å². The molecule has 0 aromatic heterocycles. The molecular weight excluding hydrogens is 178 g/mol. The van der Waals surface area contributed by atoms with Gasteiger partial charge in [0.2, 0.25) is 0 Å². The van der Waals surface area contributed by atoms with Crippen molar-refractivity contribution >= 4 is 11.6 Å². The fourth-order valence-corrected chi connectivity index (χ4v) is 1.03. The van der Waals surface area contributed by atoms with Crippen LogP contribution in [0.2, 0.25) is 0 Å². The van der Waals surface area contributed by atoms with E-state index in [-0.39, 0.29) is 0 Å². The van der Waals surface area contributed by atoms with E-state index in [4.69, 9.17) is 4.74 Å². The summed E-state index contributed by atoms with van der Waals surface area (Å²) < 4.78 is 5.04. The second kappa shape index (κ2) is 5.84. The van der Waals surface area contributed by atoms with Crippen molar-refractivity contribution in [3.8, 4) is 0 Å². The van der Waals surface area contributed by atoms with E-state index >= 15 is 0 Å². The predicted molar refractivity (Wildman–Crippen MR) is 55.8 cm³/mol. The van der Waals surface area contributed by atoms with Crippen molar-refractivity contribution in [2.75, 3.05) is 18.5 Å². The Morgan fingerprint density at radius 2 is 2.14 bits per heavy atom. The molecule has 0 saturated carbocycles. The molecule has 0 aliphatic heterocycles. The number of benzene rings is 1. The molecule has 3 heteroatoms. The summed E-state index contributed by atoms with van der Waals surface area (Å²) in [5.41, 5.74) is 0.958. The molecule has 3 nitrogen and oxygen atoms in total. The molecule has 0 fully saturated rings. The number of hydrogen-bond donors (Lipinski definition) is 1. The van der Waals surface area contributed by atoms with Crippen LogP contribution >= 0.6 is 0 Å². The Hall–Kier alpha value is -1.73. The predicted octanol–water partition coefficient (Wildman–Crippen LogP) is 1.85. The highest BCUT2D eigenvalue weighted by Crippen LogP contribution is 2.05. The summed E-state index contributed by atoms with van der Waals surface area (Å²) in [6.45, 7) is 2.70. The molecule has 0 heterocycles. The number of carbonyl (C=O) groups excluding carboxylic acids is 1. The maximum Gasteiger partial charge on any atom is 0.198 e. The maximum absolute atomic E-state index is 10.4. The van der Waals surface area contributed by atoms with E-state index in [1.165, 1.54) is 0 Å². The van der Waals surface area contributed by atoms with Gasteiger partial charge in [0, 0.05) is 5.69 Å². The standard InChI is InChI=1S/C11H13NO2/c1-2-14-11(9-13)8-12-10-6-4-3-5-7-10/h3-7,12H,2,8H2,1H3. The number of ether oxygens (including phenoxy) is 1. The van der Waals surface area contributed by atoms with Crippen LogP contribution in [0, 0.1) is 0 Å². The molecule has 0 bridgehead atoms. The van der Waals surface area contributed by atoms with Gasteiger partial charge in [-0.3, -0.25) is 0 Å². The lowest BCUT2D eigenvalue weighted by atomic mass is 10.3. The van der Waals surface area contributed by atoms with E-state index in [1.807, 2.05) is 37.3 Å². The molecule has 74 valence electrons. The summed E-state index contributed by atoms with van der Waals surface area (Å²) in [6.07, 6.45) is 0. The van der Waals surface area contributed by atoms with Crippen LogP contribution in [0.1, 0.15) is 6.92 Å². The van der Waals surface area contributed by atoms with Gasteiger partial charge in [-0.25, -0.2) is 4.79 Å². The van der Waals surface area contributed by atoms with Gasteiger partial charge >= 0.3 is 0 Å². The highest BCUT2D eigenvalue weighted by atomic mass is 16.5. The number of anilines is 1. The van der Waals surface area contributed by atoms with E-state index < -0.39 is 0 Å². The van der Waals surface area contributed by atoms with Gasteiger partial charge < -0.3 is 10.1 Å². The summed E-state index contributed by atoms with van der Waals surface area (Å²) in [6, 6.07) is 9.63. The van der Waals surface area contributed by atoms with Crippen LogP contribution in [0.15, 0.2) is 36.1 Å². The van der Waals surface area contributed by atoms with Gasteiger partial charge in [-0.2, -0.15) is 0 Å². The lowest BCUT2D eigenvalue weighted by Crippen LogP contribution is -2.08. The molecule has 0 aliphatic rings. The van der Waals surface area contributed by atoms with Crippen molar-refractivity contribution in [3.05, 3.63) is 36.1 Å². The van der Waals surface area contributed by atoms with E-state index in [9.17, 15) is 4.79 Å². The average molecular weight is 191 g/mol. The molecule has 0 radical (unpaired) electrons. The van der Waals surface area contributed by atoms with Gasteiger partial charge in [0.05, 0.1) is 13.2 Å². The summed E-state index contributed by atoms with van der Waals surface area (Å²) >= 11 is 0. The number of nitrogens with one attached hydrogen (secondary N) is 1. The summed E-state index contributed by atoms with van der Waals surface area (Å²) in [5.74, 6) is 2.06. The van der Waals surface area contributed by atoms with Crippen LogP contribution in [0.25, 0.3) is 0 Å². The second-order valence-corrected chi connectivity index (χ2v) is 2.68. The van der Waals surface area contributed by atoms with Gasteiger partial charge in [0.15, 0.2) is 11.7 Å². The smallest absolute Gasteiger partial charge is 0.198 e. The quantitative estimate of drug-likeness (QED) is 0.570. The first-order valence-corrected chi connectivity index (χ1v) is 4.52. The van der Waals surface area contributed by atoms with Crippen molar-refractivity contribution in [3.63, 3.8) is 0 Å². The number of para-hydroxylation sites is 1. The first-order chi connectivity index (χ1) is 6.86. The normalized spacial score (nSPS) is 8.93. The molecule has 1 aromatic carbocycles. The van der Waals surface area contributed by atoms with E-state index in [1.54, 1.807) is 5.94 Å². The third-order valence-electron chi connectivity index (χ3n) is 1.66. The molecule has 0 unspecified atom stereocenters. The maximum atomic E-state index is 10.4. The SMILES string of the molecule is CCOC(=C=O)CNc1ccccc1. The Morgan fingerprint density at radius 3 is 2.71 bits per heavy atom. The zero-order valence-electron chi connectivity index (χ0n) is 8.12. The first-order valence-electron chi connectivity index (χ1n) is 4.52. The molecule has 0 atom stereocenters. The molecule has 1 aromatic rings. The Kier molecular flexibility index (Phi) is 4.32. The van der Waals surface area contributed by atoms with E-state index in [2.05, 4.69) is 5.32 Å². The van der Waals surface area contributed by atoms with Crippen LogP contribution in [-0.4, -0.2) is 19.1 Å². The Bertz CT molecular complexity index is 315. The Balaban J connectivity index is 2.44. The largest absolute Gasteiger partial charge is 0.485 e. The topological polar surface area (TPSA) is 38.3 Å². The van der Waals surface area contributed by atoms with Gasteiger partial charge in [0.25, 0.3) is 0 Å². The zero-order valence-corrected chi connectivity index (χ0v) is 8.12. The van der Waals surface area contributed by atoms with E-state index in [0.717, 1.165) is 5.69 Å². The lowest BCUT2D eigenvalue weighted by Gasteiger charge is -2.07. The van der Waals surface area contributed by atoms with Crippen molar-refractivity contribution in [2.45, 2.75) is 6.92 Å². The summed E-state index contributed by atoms with van der Waals surface area (Å²) in [5, 5.41) is 3.06. The van der Waals surface area contributed by atoms with Gasteiger partial charge in [-0.15, -0.1) is 0 Å². The summed E-state index contributed by atoms with van der Waals surface area (Å²) in [7, 11) is 0. The number of rotatable bonds is 5. The average Bonchev–Trinajstić information content (AvgIpc) is 2.25. The van der Waals surface area contributed by atoms with Crippen molar-refractivity contribution in [2.24, 2.45) is 0 Å². The minimum atomic E-state index is 0.302. The van der Waals surface area contributed by atoms with Crippen molar-refractivity contribution in [1.82, 2.24) is 0 Å². The van der Waals surface area contributed by atoms with Crippen LogP contribution in [0.3, 0.4) is 0 Å². The van der Waals surface area contributed by atoms with E-state index in [0.29, 0.717) is 18.9 Å². The molecule has 0 saturated heterocycles. The molecule has 14 heavy (non-hydrogen) atoms. The lowest BCUT2D eigenvalue weighted by molar-refractivity contribution is 0.231. The van der Waals surface area contributed by atoms with Crippen LogP contribution in [0.5, 0.6) is 0 Å². The Morgan fingerprint density at radius 1 is 1.43 bits per heavy atom. The molecule has 0 spiro atoms. The molecule has 0 amide bonds. The van der Waals surface area contributed by atoms with Crippen LogP contribution in [0.4, 0.5) is 5.69 Å². The number of hydrogen-bond acceptors (Lipinski definition) is 3. The van der Waals surface area contributed by atoms with Gasteiger partial charge in [-0.1, -0.05) is 18.2 Å². The second-order valence-electron chi connectivity index (χ2n) is 2.68. The van der Waals surface area contributed by atoms with Gasteiger partial charge in [0.1, 0.15) is 0 Å². The monoisotopic (exact) mass is 191 g/mol. The molecule has 1 N–H and O–H groups in total. The fraction of sp³-hybridized carbons (Fsp3) is 0.273. The summed E-state index contributed by atoms with van der Waals surface area (Å²) in [4.78, 5) is 10.4. The third kappa shape index (κ3) is 3.33. The third-order valence-corrected chi connectivity index (χ3v) is 1.66. The minimum absolute atomic E-state index is 0.302. The minimum Gasteiger partial charge on any atom is -0.485 e. The molecular formula is C11H13NO2. The molecule has 1 rings (SSSR count). The highest BCUT2D eigenvalue weighted by molar-refractivity contribution is 5.53.